The molecule has 4 N–H and O–H groups in total. The molecule has 14 heavy (non-hydrogen) atoms. The molecule has 74 valence electrons. The summed E-state index contributed by atoms with van der Waals surface area (Å²) in [5.74, 6) is 0.876. The minimum atomic E-state index is 0.319. The fourth-order valence-corrected chi connectivity index (χ4v) is 1.22. The van der Waals surface area contributed by atoms with E-state index in [0.29, 0.717) is 11.9 Å². The highest BCUT2D eigenvalue weighted by molar-refractivity contribution is 5.56. The highest BCUT2D eigenvalue weighted by Crippen LogP contribution is 2.20. The standard InChI is InChI=1S/C8H12N6/c1-5-3-6(4-10-5)14(2)8-11-7(9)12-13-8/h3-4,10H,1-2H3,(H3,9,11,12,13). The predicted octanol–water partition coefficient (Wildman–Crippen LogP) is 0.791. The van der Waals surface area contributed by atoms with E-state index in [1.807, 2.05) is 31.1 Å². The van der Waals surface area contributed by atoms with Crippen LogP contribution in [0.4, 0.5) is 17.6 Å². The molecular formula is C8H12N6. The lowest BCUT2D eigenvalue weighted by Crippen LogP contribution is -2.10. The Kier molecular flexibility index (Phi) is 1.88. The summed E-state index contributed by atoms with van der Waals surface area (Å²) in [5, 5.41) is 6.54. The third kappa shape index (κ3) is 1.41. The zero-order valence-electron chi connectivity index (χ0n) is 8.07. The van der Waals surface area contributed by atoms with Gasteiger partial charge in [0.1, 0.15) is 0 Å². The van der Waals surface area contributed by atoms with E-state index in [9.17, 15) is 0 Å². The van der Waals surface area contributed by atoms with Crippen molar-refractivity contribution in [3.05, 3.63) is 18.0 Å². The molecule has 0 saturated heterocycles. The smallest absolute Gasteiger partial charge is 0.250 e. The van der Waals surface area contributed by atoms with Crippen molar-refractivity contribution >= 4 is 17.6 Å². The zero-order valence-corrected chi connectivity index (χ0v) is 8.07. The molecule has 0 aromatic carbocycles. The Hall–Kier alpha value is -1.98. The lowest BCUT2D eigenvalue weighted by molar-refractivity contribution is 1.04. The first kappa shape index (κ1) is 8.61. The molecule has 2 heterocycles. The number of hydrogen-bond acceptors (Lipinski definition) is 4. The Balaban J connectivity index is 2.28. The van der Waals surface area contributed by atoms with E-state index in [1.54, 1.807) is 0 Å². The van der Waals surface area contributed by atoms with E-state index in [-0.39, 0.29) is 0 Å². The van der Waals surface area contributed by atoms with Crippen LogP contribution in [-0.2, 0) is 0 Å². The predicted molar refractivity (Wildman–Crippen MR) is 54.4 cm³/mol. The molecule has 0 bridgehead atoms. The van der Waals surface area contributed by atoms with Gasteiger partial charge in [-0.05, 0) is 13.0 Å². The maximum absolute atomic E-state index is 5.44. The van der Waals surface area contributed by atoms with Gasteiger partial charge in [-0.25, -0.2) is 5.10 Å². The zero-order chi connectivity index (χ0) is 10.1. The number of aromatic nitrogens is 4. The van der Waals surface area contributed by atoms with E-state index in [2.05, 4.69) is 20.2 Å². The van der Waals surface area contributed by atoms with Crippen LogP contribution in [0.2, 0.25) is 0 Å². The highest BCUT2D eigenvalue weighted by Gasteiger charge is 2.09. The van der Waals surface area contributed by atoms with E-state index in [4.69, 9.17) is 5.73 Å². The molecule has 0 fully saturated rings. The largest absolute Gasteiger partial charge is 0.368 e. The molecule has 0 unspecified atom stereocenters. The van der Waals surface area contributed by atoms with Gasteiger partial charge in [-0.1, -0.05) is 0 Å². The SMILES string of the molecule is Cc1cc(N(C)c2n[nH]c(N)n2)c[nH]1. The first-order valence-corrected chi connectivity index (χ1v) is 4.23. The van der Waals surface area contributed by atoms with Crippen LogP contribution in [0, 0.1) is 6.92 Å². The van der Waals surface area contributed by atoms with Crippen molar-refractivity contribution < 1.29 is 0 Å². The second-order valence-corrected chi connectivity index (χ2v) is 3.12. The topological polar surface area (TPSA) is 86.6 Å². The average Bonchev–Trinajstić information content (AvgIpc) is 2.73. The number of nitrogens with two attached hydrogens (primary N) is 1. The number of anilines is 3. The summed E-state index contributed by atoms with van der Waals surface area (Å²) in [6.07, 6.45) is 1.89. The number of nitrogens with one attached hydrogen (secondary N) is 2. The summed E-state index contributed by atoms with van der Waals surface area (Å²) in [4.78, 5) is 8.95. The van der Waals surface area contributed by atoms with Crippen LogP contribution in [0.3, 0.4) is 0 Å². The molecule has 2 aromatic heterocycles. The Bertz CT molecular complexity index is 388. The third-order valence-corrected chi connectivity index (χ3v) is 1.99. The van der Waals surface area contributed by atoms with Crippen LogP contribution in [0.15, 0.2) is 12.3 Å². The Morgan fingerprint density at radius 3 is 2.79 bits per heavy atom. The van der Waals surface area contributed by atoms with Crippen molar-refractivity contribution in [2.75, 3.05) is 17.7 Å². The van der Waals surface area contributed by atoms with Crippen LogP contribution in [0.25, 0.3) is 0 Å². The number of aromatic amines is 2. The quantitative estimate of drug-likeness (QED) is 0.656. The van der Waals surface area contributed by atoms with Gasteiger partial charge in [-0.15, -0.1) is 5.10 Å². The number of H-pyrrole nitrogens is 2. The molecule has 0 radical (unpaired) electrons. The second-order valence-electron chi connectivity index (χ2n) is 3.12. The van der Waals surface area contributed by atoms with Gasteiger partial charge >= 0.3 is 0 Å². The molecule has 0 saturated carbocycles. The van der Waals surface area contributed by atoms with Crippen molar-refractivity contribution in [1.29, 1.82) is 0 Å². The summed E-state index contributed by atoms with van der Waals surface area (Å²) in [6, 6.07) is 2.01. The Morgan fingerprint density at radius 2 is 2.29 bits per heavy atom. The van der Waals surface area contributed by atoms with E-state index < -0.39 is 0 Å². The summed E-state index contributed by atoms with van der Waals surface area (Å²) < 4.78 is 0. The molecule has 0 atom stereocenters. The molecule has 6 nitrogen and oxygen atoms in total. The van der Waals surface area contributed by atoms with Gasteiger partial charge in [-0.3, -0.25) is 0 Å². The molecule has 6 heteroatoms. The lowest BCUT2D eigenvalue weighted by Gasteiger charge is -2.11. The van der Waals surface area contributed by atoms with Crippen LogP contribution >= 0.6 is 0 Å². The molecule has 2 aromatic rings. The first-order valence-electron chi connectivity index (χ1n) is 4.23. The van der Waals surface area contributed by atoms with Crippen LogP contribution in [-0.4, -0.2) is 27.2 Å². The highest BCUT2D eigenvalue weighted by atomic mass is 15.4. The van der Waals surface area contributed by atoms with E-state index in [0.717, 1.165) is 11.4 Å². The van der Waals surface area contributed by atoms with Gasteiger partial charge in [0.2, 0.25) is 5.95 Å². The van der Waals surface area contributed by atoms with Gasteiger partial charge < -0.3 is 15.6 Å². The minimum absolute atomic E-state index is 0.319. The summed E-state index contributed by atoms with van der Waals surface area (Å²) in [5.41, 5.74) is 7.53. The summed E-state index contributed by atoms with van der Waals surface area (Å²) in [6.45, 7) is 1.99. The molecule has 0 spiro atoms. The van der Waals surface area contributed by atoms with Gasteiger partial charge in [0.15, 0.2) is 0 Å². The van der Waals surface area contributed by atoms with Crippen molar-refractivity contribution in [3.8, 4) is 0 Å². The number of nitrogen functional groups attached to an aromatic ring is 1. The molecule has 0 aliphatic rings. The average molecular weight is 192 g/mol. The summed E-state index contributed by atoms with van der Waals surface area (Å²) >= 11 is 0. The monoisotopic (exact) mass is 192 g/mol. The van der Waals surface area contributed by atoms with Gasteiger partial charge in [-0.2, -0.15) is 4.98 Å². The van der Waals surface area contributed by atoms with E-state index in [1.165, 1.54) is 0 Å². The van der Waals surface area contributed by atoms with Crippen molar-refractivity contribution in [2.24, 2.45) is 0 Å². The Labute approximate surface area is 81.1 Å². The molecule has 2 rings (SSSR count). The normalized spacial score (nSPS) is 10.4. The van der Waals surface area contributed by atoms with Gasteiger partial charge in [0.25, 0.3) is 5.95 Å². The second kappa shape index (κ2) is 3.06. The fraction of sp³-hybridized carbons (Fsp3) is 0.250. The number of nitrogens with zero attached hydrogens (tertiary/aromatic N) is 3. The first-order chi connectivity index (χ1) is 6.66. The maximum Gasteiger partial charge on any atom is 0.250 e. The fourth-order valence-electron chi connectivity index (χ4n) is 1.22. The minimum Gasteiger partial charge on any atom is -0.368 e. The Morgan fingerprint density at radius 1 is 1.50 bits per heavy atom. The third-order valence-electron chi connectivity index (χ3n) is 1.99. The van der Waals surface area contributed by atoms with Crippen LogP contribution < -0.4 is 10.6 Å². The summed E-state index contributed by atoms with van der Waals surface area (Å²) in [7, 11) is 1.88. The maximum atomic E-state index is 5.44. The number of rotatable bonds is 2. The van der Waals surface area contributed by atoms with E-state index >= 15 is 0 Å². The van der Waals surface area contributed by atoms with Crippen molar-refractivity contribution in [2.45, 2.75) is 6.92 Å². The molecule has 0 aliphatic heterocycles. The van der Waals surface area contributed by atoms with Gasteiger partial charge in [0, 0.05) is 18.9 Å². The van der Waals surface area contributed by atoms with Crippen LogP contribution in [0.1, 0.15) is 5.69 Å². The molecular weight excluding hydrogens is 180 g/mol. The molecule has 0 aliphatic carbocycles. The van der Waals surface area contributed by atoms with Crippen LogP contribution in [0.5, 0.6) is 0 Å². The van der Waals surface area contributed by atoms with Gasteiger partial charge in [0.05, 0.1) is 5.69 Å². The number of hydrogen-bond donors (Lipinski definition) is 3. The van der Waals surface area contributed by atoms with Crippen molar-refractivity contribution in [3.63, 3.8) is 0 Å². The lowest BCUT2D eigenvalue weighted by atomic mass is 10.4. The molecule has 0 amide bonds. The number of aryl methyl sites for hydroxylation is 1. The van der Waals surface area contributed by atoms with Crippen molar-refractivity contribution in [1.82, 2.24) is 20.2 Å².